The van der Waals surface area contributed by atoms with Crippen LogP contribution in [0.3, 0.4) is 0 Å². The van der Waals surface area contributed by atoms with Crippen molar-refractivity contribution in [3.05, 3.63) is 118 Å². The van der Waals surface area contributed by atoms with Gasteiger partial charge in [0, 0.05) is 16.1 Å². The number of aromatic carboxylic acids is 1. The van der Waals surface area contributed by atoms with Crippen LogP contribution in [0.5, 0.6) is 5.75 Å². The van der Waals surface area contributed by atoms with E-state index < -0.39 is 11.9 Å². The summed E-state index contributed by atoms with van der Waals surface area (Å²) < 4.78 is 6.00. The molecular formula is C27H18Cl2NO4-. The molecule has 0 radical (unpaired) electrons. The van der Waals surface area contributed by atoms with Gasteiger partial charge in [-0.25, -0.2) is 0 Å². The molecule has 4 aromatic carbocycles. The van der Waals surface area contributed by atoms with Crippen LogP contribution in [0.15, 0.2) is 91.0 Å². The van der Waals surface area contributed by atoms with Gasteiger partial charge in [-0.05, 0) is 47.5 Å². The normalized spacial score (nSPS) is 10.5. The summed E-state index contributed by atoms with van der Waals surface area (Å²) in [5.74, 6) is -1.40. The van der Waals surface area contributed by atoms with Gasteiger partial charge >= 0.3 is 0 Å². The minimum absolute atomic E-state index is 0.0856. The maximum Gasteiger partial charge on any atom is 0.257 e. The van der Waals surface area contributed by atoms with Crippen LogP contribution in [0.4, 0.5) is 5.69 Å². The van der Waals surface area contributed by atoms with E-state index >= 15 is 0 Å². The highest BCUT2D eigenvalue weighted by atomic mass is 35.5. The fraction of sp³-hybridized carbons (Fsp3) is 0.0370. The van der Waals surface area contributed by atoms with Crippen LogP contribution < -0.4 is 15.2 Å². The maximum absolute atomic E-state index is 12.7. The second-order valence-corrected chi connectivity index (χ2v) is 8.24. The Morgan fingerprint density at radius 3 is 2.29 bits per heavy atom. The summed E-state index contributed by atoms with van der Waals surface area (Å²) >= 11 is 12.0. The van der Waals surface area contributed by atoms with Gasteiger partial charge in [-0.2, -0.15) is 0 Å². The number of ether oxygens (including phenoxy) is 1. The Morgan fingerprint density at radius 2 is 1.56 bits per heavy atom. The number of para-hydroxylation sites is 1. The molecular weight excluding hydrogens is 473 g/mol. The number of carboxylic acids is 1. The second kappa shape index (κ2) is 10.4. The van der Waals surface area contributed by atoms with E-state index in [2.05, 4.69) is 5.32 Å². The highest BCUT2D eigenvalue weighted by Crippen LogP contribution is 2.33. The molecule has 4 rings (SSSR count). The second-order valence-electron chi connectivity index (χ2n) is 7.40. The molecule has 5 nitrogen and oxygen atoms in total. The molecule has 1 N–H and O–H groups in total. The van der Waals surface area contributed by atoms with Gasteiger partial charge in [-0.3, -0.25) is 4.79 Å². The highest BCUT2D eigenvalue weighted by molar-refractivity contribution is 6.37. The van der Waals surface area contributed by atoms with E-state index in [1.165, 1.54) is 30.3 Å². The lowest BCUT2D eigenvalue weighted by Gasteiger charge is -2.16. The largest absolute Gasteiger partial charge is 0.545 e. The molecule has 1 amide bonds. The van der Waals surface area contributed by atoms with Crippen molar-refractivity contribution >= 4 is 40.8 Å². The summed E-state index contributed by atoms with van der Waals surface area (Å²) in [6.07, 6.45) is 0. The number of benzene rings is 4. The lowest BCUT2D eigenvalue weighted by molar-refractivity contribution is -0.254. The number of hydrogen-bond donors (Lipinski definition) is 1. The zero-order chi connectivity index (χ0) is 24.1. The number of hydrogen-bond acceptors (Lipinski definition) is 4. The zero-order valence-electron chi connectivity index (χ0n) is 17.8. The average Bonchev–Trinajstić information content (AvgIpc) is 2.83. The van der Waals surface area contributed by atoms with E-state index in [-0.39, 0.29) is 21.8 Å². The zero-order valence-corrected chi connectivity index (χ0v) is 19.3. The van der Waals surface area contributed by atoms with Crippen molar-refractivity contribution in [1.29, 1.82) is 0 Å². The molecule has 0 aliphatic rings. The molecule has 170 valence electrons. The van der Waals surface area contributed by atoms with E-state index in [0.717, 1.165) is 5.56 Å². The average molecular weight is 491 g/mol. The molecule has 0 saturated carbocycles. The van der Waals surface area contributed by atoms with Gasteiger partial charge in [0.2, 0.25) is 0 Å². The van der Waals surface area contributed by atoms with Gasteiger partial charge < -0.3 is 20.0 Å². The predicted octanol–water partition coefficient (Wildman–Crippen LogP) is 5.86. The molecule has 0 fully saturated rings. The van der Waals surface area contributed by atoms with Gasteiger partial charge in [0.15, 0.2) is 0 Å². The van der Waals surface area contributed by atoms with E-state index in [1.807, 2.05) is 54.6 Å². The summed E-state index contributed by atoms with van der Waals surface area (Å²) in [4.78, 5) is 24.6. The molecule has 0 spiro atoms. The van der Waals surface area contributed by atoms with Crippen LogP contribution in [-0.2, 0) is 6.61 Å². The topological polar surface area (TPSA) is 78.5 Å². The van der Waals surface area contributed by atoms with E-state index in [0.29, 0.717) is 28.5 Å². The first kappa shape index (κ1) is 23.4. The number of amides is 1. The Bertz CT molecular complexity index is 1360. The van der Waals surface area contributed by atoms with E-state index in [9.17, 15) is 14.7 Å². The van der Waals surface area contributed by atoms with Gasteiger partial charge in [0.1, 0.15) is 12.4 Å². The molecule has 0 bridgehead atoms. The van der Waals surface area contributed by atoms with Crippen LogP contribution in [0.1, 0.15) is 26.3 Å². The third kappa shape index (κ3) is 5.39. The molecule has 34 heavy (non-hydrogen) atoms. The summed E-state index contributed by atoms with van der Waals surface area (Å²) in [6.45, 7) is 0.362. The lowest BCUT2D eigenvalue weighted by Crippen LogP contribution is -2.25. The monoisotopic (exact) mass is 490 g/mol. The van der Waals surface area contributed by atoms with Crippen LogP contribution in [0.2, 0.25) is 10.0 Å². The number of halogens is 2. The number of carboxylic acid groups (broad SMARTS) is 1. The van der Waals surface area contributed by atoms with Crippen LogP contribution in [-0.4, -0.2) is 11.9 Å². The molecule has 0 aliphatic carbocycles. The molecule has 0 unspecified atom stereocenters. The third-order valence-electron chi connectivity index (χ3n) is 5.10. The van der Waals surface area contributed by atoms with Crippen molar-refractivity contribution in [2.45, 2.75) is 6.61 Å². The van der Waals surface area contributed by atoms with E-state index in [4.69, 9.17) is 27.9 Å². The quantitative estimate of drug-likeness (QED) is 0.352. The Morgan fingerprint density at radius 1 is 0.824 bits per heavy atom. The fourth-order valence-electron chi connectivity index (χ4n) is 3.42. The van der Waals surface area contributed by atoms with Crippen molar-refractivity contribution in [2.75, 3.05) is 5.32 Å². The van der Waals surface area contributed by atoms with Gasteiger partial charge in [0.05, 0.1) is 22.2 Å². The Hall–Kier alpha value is -3.80. The molecule has 0 saturated heterocycles. The van der Waals surface area contributed by atoms with Crippen molar-refractivity contribution in [1.82, 2.24) is 0 Å². The van der Waals surface area contributed by atoms with Crippen molar-refractivity contribution in [3.63, 3.8) is 0 Å². The summed E-state index contributed by atoms with van der Waals surface area (Å²) in [6, 6.07) is 26.1. The smallest absolute Gasteiger partial charge is 0.257 e. The Labute approximate surface area is 206 Å². The van der Waals surface area contributed by atoms with Gasteiger partial charge in [0.25, 0.3) is 5.91 Å². The van der Waals surface area contributed by atoms with Crippen molar-refractivity contribution in [2.24, 2.45) is 0 Å². The highest BCUT2D eigenvalue weighted by Gasteiger charge is 2.15. The first-order chi connectivity index (χ1) is 16.4. The first-order valence-electron chi connectivity index (χ1n) is 10.3. The van der Waals surface area contributed by atoms with Gasteiger partial charge in [-0.15, -0.1) is 0 Å². The lowest BCUT2D eigenvalue weighted by atomic mass is 10.0. The minimum atomic E-state index is -1.43. The minimum Gasteiger partial charge on any atom is -0.545 e. The molecule has 7 heteroatoms. The number of rotatable bonds is 7. The number of carbonyl (C=O) groups excluding carboxylic acids is 2. The van der Waals surface area contributed by atoms with Crippen LogP contribution in [0, 0.1) is 0 Å². The Kier molecular flexibility index (Phi) is 7.16. The molecule has 0 heterocycles. The summed E-state index contributed by atoms with van der Waals surface area (Å²) in [5, 5.41) is 15.0. The third-order valence-corrected chi connectivity index (χ3v) is 5.65. The molecule has 0 aliphatic heterocycles. The summed E-state index contributed by atoms with van der Waals surface area (Å²) in [7, 11) is 0. The molecule has 0 aromatic heterocycles. The fourth-order valence-corrected chi connectivity index (χ4v) is 3.91. The molecule has 4 aromatic rings. The summed E-state index contributed by atoms with van der Waals surface area (Å²) in [5.41, 5.74) is 2.40. The predicted molar refractivity (Wildman–Crippen MR) is 131 cm³/mol. The van der Waals surface area contributed by atoms with E-state index in [1.54, 1.807) is 6.07 Å². The Balaban J connectivity index is 1.62. The van der Waals surface area contributed by atoms with Gasteiger partial charge in [-0.1, -0.05) is 77.8 Å². The maximum atomic E-state index is 12.7. The standard InChI is InChI=1S/C27H19Cl2NO4/c28-19-11-12-21(23(29)15-19)26(31)30-24-13-10-18(14-22(24)27(32)33)20-8-4-5-9-25(20)34-16-17-6-2-1-3-7-17/h1-15H,16H2,(H,30,31)(H,32,33)/p-1. The SMILES string of the molecule is O=C(Nc1ccc(-c2ccccc2OCc2ccccc2)cc1C(=O)[O-])c1ccc(Cl)cc1Cl. The van der Waals surface area contributed by atoms with Crippen LogP contribution in [0.25, 0.3) is 11.1 Å². The number of nitrogens with one attached hydrogen (secondary N) is 1. The van der Waals surface area contributed by atoms with Crippen LogP contribution >= 0.6 is 23.2 Å². The first-order valence-corrected chi connectivity index (χ1v) is 11.1. The van der Waals surface area contributed by atoms with Crippen molar-refractivity contribution in [3.8, 4) is 16.9 Å². The van der Waals surface area contributed by atoms with Crippen molar-refractivity contribution < 1.29 is 19.4 Å². The molecule has 0 atom stereocenters. The number of anilines is 1. The number of carbonyl (C=O) groups is 2.